The molecule has 84 valence electrons. The smallest absolute Gasteiger partial charge is 0.165 e. The molecule has 1 atom stereocenters. The molecule has 0 fully saturated rings. The first-order chi connectivity index (χ1) is 7.10. The number of nitrogens with two attached hydrogens (primary N) is 1. The number of halogens is 1. The van der Waals surface area contributed by atoms with Gasteiger partial charge in [0.15, 0.2) is 11.6 Å². The van der Waals surface area contributed by atoms with E-state index in [0.717, 1.165) is 0 Å². The van der Waals surface area contributed by atoms with Crippen LogP contribution in [0.25, 0.3) is 0 Å². The lowest BCUT2D eigenvalue weighted by atomic mass is 10.0. The molecule has 0 saturated carbocycles. The quantitative estimate of drug-likeness (QED) is 0.828. The summed E-state index contributed by atoms with van der Waals surface area (Å²) in [5, 5.41) is 0. The van der Waals surface area contributed by atoms with Crippen molar-refractivity contribution in [1.82, 2.24) is 0 Å². The van der Waals surface area contributed by atoms with E-state index < -0.39 is 5.82 Å². The van der Waals surface area contributed by atoms with Crippen LogP contribution in [-0.4, -0.2) is 20.3 Å². The summed E-state index contributed by atoms with van der Waals surface area (Å²) in [7, 11) is 2.97. The maximum absolute atomic E-state index is 13.4. The van der Waals surface area contributed by atoms with Gasteiger partial charge in [0.25, 0.3) is 0 Å². The Balaban J connectivity index is 3.21. The highest BCUT2D eigenvalue weighted by Crippen LogP contribution is 2.31. The van der Waals surface area contributed by atoms with E-state index in [1.807, 2.05) is 6.92 Å². The fourth-order valence-electron chi connectivity index (χ4n) is 1.51. The summed E-state index contributed by atoms with van der Waals surface area (Å²) < 4.78 is 23.5. The molecule has 0 radical (unpaired) electrons. The van der Waals surface area contributed by atoms with Crippen molar-refractivity contribution in [1.29, 1.82) is 0 Å². The predicted octanol–water partition coefficient (Wildman–Crippen LogP) is 1.73. The van der Waals surface area contributed by atoms with Gasteiger partial charge in [-0.25, -0.2) is 4.39 Å². The molecule has 0 saturated heterocycles. The maximum Gasteiger partial charge on any atom is 0.165 e. The van der Waals surface area contributed by atoms with Gasteiger partial charge in [0.05, 0.1) is 14.2 Å². The van der Waals surface area contributed by atoms with E-state index in [9.17, 15) is 4.39 Å². The Bertz CT molecular complexity index is 340. The summed E-state index contributed by atoms with van der Waals surface area (Å²) in [6, 6.07) is 2.83. The summed E-state index contributed by atoms with van der Waals surface area (Å²) in [4.78, 5) is 0. The van der Waals surface area contributed by atoms with Crippen molar-refractivity contribution in [3.8, 4) is 11.5 Å². The number of rotatable bonds is 4. The second kappa shape index (κ2) is 4.98. The highest BCUT2D eigenvalue weighted by atomic mass is 19.1. The number of hydrogen-bond acceptors (Lipinski definition) is 3. The largest absolute Gasteiger partial charge is 0.496 e. The van der Waals surface area contributed by atoms with Gasteiger partial charge in [-0.05, 0) is 25.5 Å². The number of methoxy groups -OCH3 is 2. The second-order valence-corrected chi connectivity index (χ2v) is 3.44. The average Bonchev–Trinajstić information content (AvgIpc) is 2.18. The maximum atomic E-state index is 13.4. The summed E-state index contributed by atoms with van der Waals surface area (Å²) >= 11 is 0. The van der Waals surface area contributed by atoms with E-state index in [-0.39, 0.29) is 11.8 Å². The molecule has 0 amide bonds. The molecule has 0 bridgehead atoms. The van der Waals surface area contributed by atoms with Gasteiger partial charge in [-0.2, -0.15) is 0 Å². The fraction of sp³-hybridized carbons (Fsp3) is 0.455. The van der Waals surface area contributed by atoms with Gasteiger partial charge in [0, 0.05) is 11.6 Å². The third-order valence-corrected chi connectivity index (χ3v) is 2.12. The number of ether oxygens (including phenoxy) is 2. The Kier molecular flexibility index (Phi) is 3.91. The van der Waals surface area contributed by atoms with Crippen LogP contribution in [0, 0.1) is 5.82 Å². The average molecular weight is 213 g/mol. The monoisotopic (exact) mass is 213 g/mol. The van der Waals surface area contributed by atoms with Crippen molar-refractivity contribution in [2.24, 2.45) is 5.73 Å². The zero-order valence-electron chi connectivity index (χ0n) is 9.21. The van der Waals surface area contributed by atoms with Gasteiger partial charge in [-0.3, -0.25) is 0 Å². The third-order valence-electron chi connectivity index (χ3n) is 2.12. The lowest BCUT2D eigenvalue weighted by Crippen LogP contribution is -2.19. The predicted molar refractivity (Wildman–Crippen MR) is 56.9 cm³/mol. The molecule has 0 aliphatic heterocycles. The highest BCUT2D eigenvalue weighted by molar-refractivity contribution is 5.46. The second-order valence-electron chi connectivity index (χ2n) is 3.44. The van der Waals surface area contributed by atoms with Crippen molar-refractivity contribution in [3.05, 3.63) is 23.5 Å². The van der Waals surface area contributed by atoms with E-state index in [0.29, 0.717) is 17.7 Å². The minimum absolute atomic E-state index is 0.0744. The van der Waals surface area contributed by atoms with Crippen LogP contribution in [0.15, 0.2) is 12.1 Å². The van der Waals surface area contributed by atoms with Crippen LogP contribution in [0.4, 0.5) is 4.39 Å². The van der Waals surface area contributed by atoms with E-state index in [2.05, 4.69) is 0 Å². The normalized spacial score (nSPS) is 12.3. The molecule has 3 nitrogen and oxygen atoms in total. The van der Waals surface area contributed by atoms with Crippen molar-refractivity contribution in [3.63, 3.8) is 0 Å². The molecular formula is C11H16FNO2. The molecule has 0 heterocycles. The van der Waals surface area contributed by atoms with E-state index >= 15 is 0 Å². The molecule has 1 rings (SSSR count). The molecule has 0 unspecified atom stereocenters. The summed E-state index contributed by atoms with van der Waals surface area (Å²) in [5.41, 5.74) is 6.36. The van der Waals surface area contributed by atoms with Crippen LogP contribution in [0.2, 0.25) is 0 Å². The summed E-state index contributed by atoms with van der Waals surface area (Å²) in [6.07, 6.45) is 0.518. The van der Waals surface area contributed by atoms with Crippen LogP contribution in [0.3, 0.4) is 0 Å². The molecule has 0 aliphatic rings. The van der Waals surface area contributed by atoms with Gasteiger partial charge >= 0.3 is 0 Å². The Morgan fingerprint density at radius 3 is 2.47 bits per heavy atom. The van der Waals surface area contributed by atoms with Crippen LogP contribution in [0.5, 0.6) is 11.5 Å². The van der Waals surface area contributed by atoms with Crippen molar-refractivity contribution >= 4 is 0 Å². The van der Waals surface area contributed by atoms with Crippen LogP contribution >= 0.6 is 0 Å². The van der Waals surface area contributed by atoms with Crippen molar-refractivity contribution in [2.45, 2.75) is 19.4 Å². The van der Waals surface area contributed by atoms with Crippen molar-refractivity contribution in [2.75, 3.05) is 14.2 Å². The minimum Gasteiger partial charge on any atom is -0.496 e. The van der Waals surface area contributed by atoms with Gasteiger partial charge < -0.3 is 15.2 Å². The first-order valence-electron chi connectivity index (χ1n) is 4.75. The molecule has 0 aromatic heterocycles. The summed E-state index contributed by atoms with van der Waals surface area (Å²) in [5.74, 6) is 0.422. The van der Waals surface area contributed by atoms with E-state index in [4.69, 9.17) is 15.2 Å². The molecule has 1 aromatic rings. The SMILES string of the molecule is COc1ccc(F)c(OC)c1C[C@H](C)N. The fourth-order valence-corrected chi connectivity index (χ4v) is 1.51. The number of benzene rings is 1. The Hall–Kier alpha value is -1.29. The van der Waals surface area contributed by atoms with Crippen LogP contribution < -0.4 is 15.2 Å². The van der Waals surface area contributed by atoms with Crippen LogP contribution in [0.1, 0.15) is 12.5 Å². The van der Waals surface area contributed by atoms with Gasteiger partial charge in [-0.15, -0.1) is 0 Å². The Morgan fingerprint density at radius 2 is 2.00 bits per heavy atom. The molecular weight excluding hydrogens is 197 g/mol. The Morgan fingerprint density at radius 1 is 1.33 bits per heavy atom. The van der Waals surface area contributed by atoms with Crippen LogP contribution in [-0.2, 0) is 6.42 Å². The third kappa shape index (κ3) is 2.59. The lowest BCUT2D eigenvalue weighted by Gasteiger charge is -2.15. The van der Waals surface area contributed by atoms with Gasteiger partial charge in [0.1, 0.15) is 5.75 Å². The number of hydrogen-bond donors (Lipinski definition) is 1. The standard InChI is InChI=1S/C11H16FNO2/c1-7(13)6-8-10(14-2)5-4-9(12)11(8)15-3/h4-5,7H,6,13H2,1-3H3/t7-/m0/s1. The molecule has 0 aliphatic carbocycles. The molecule has 15 heavy (non-hydrogen) atoms. The minimum atomic E-state index is -0.394. The van der Waals surface area contributed by atoms with Gasteiger partial charge in [-0.1, -0.05) is 0 Å². The summed E-state index contributed by atoms with van der Waals surface area (Å²) in [6.45, 7) is 1.85. The lowest BCUT2D eigenvalue weighted by molar-refractivity contribution is 0.364. The zero-order valence-corrected chi connectivity index (χ0v) is 9.21. The molecule has 1 aromatic carbocycles. The van der Waals surface area contributed by atoms with E-state index in [1.165, 1.54) is 20.3 Å². The van der Waals surface area contributed by atoms with E-state index in [1.54, 1.807) is 6.07 Å². The van der Waals surface area contributed by atoms with Crippen molar-refractivity contribution < 1.29 is 13.9 Å². The zero-order chi connectivity index (χ0) is 11.4. The first kappa shape index (κ1) is 11.8. The molecule has 2 N–H and O–H groups in total. The highest BCUT2D eigenvalue weighted by Gasteiger charge is 2.15. The molecule has 0 spiro atoms. The topological polar surface area (TPSA) is 44.5 Å². The Labute approximate surface area is 89.0 Å². The first-order valence-corrected chi connectivity index (χ1v) is 4.75. The molecule has 4 heteroatoms. The van der Waals surface area contributed by atoms with Gasteiger partial charge in [0.2, 0.25) is 0 Å².